The lowest BCUT2D eigenvalue weighted by Crippen LogP contribution is -2.58. The van der Waals surface area contributed by atoms with Gasteiger partial charge in [0, 0.05) is 43.5 Å². The highest BCUT2D eigenvalue weighted by Gasteiger charge is 2.32. The highest BCUT2D eigenvalue weighted by Crippen LogP contribution is 2.23. The molecule has 0 radical (unpaired) electrons. The van der Waals surface area contributed by atoms with E-state index in [1.165, 1.54) is 30.3 Å². The van der Waals surface area contributed by atoms with Gasteiger partial charge in [-0.05, 0) is 43.7 Å². The second-order valence-corrected chi connectivity index (χ2v) is 7.65. The minimum atomic E-state index is -1.14. The first-order valence-electron chi connectivity index (χ1n) is 9.78. The number of carbonyl (C=O) groups is 2. The molecule has 0 aromatic heterocycles. The summed E-state index contributed by atoms with van der Waals surface area (Å²) in [4.78, 5) is 28.1. The zero-order valence-corrected chi connectivity index (χ0v) is 17.0. The van der Waals surface area contributed by atoms with E-state index < -0.39 is 5.97 Å². The summed E-state index contributed by atoms with van der Waals surface area (Å²) in [5.74, 6) is -1.54. The lowest BCUT2D eigenvalue weighted by molar-refractivity contribution is -0.139. The van der Waals surface area contributed by atoms with Crippen LogP contribution in [0.2, 0.25) is 0 Å². The summed E-state index contributed by atoms with van der Waals surface area (Å²) in [5.41, 5.74) is 7.05. The molecule has 8 heteroatoms. The molecule has 160 valence electrons. The number of benzene rings is 2. The number of rotatable bonds is 6. The molecule has 1 amide bonds. The highest BCUT2D eigenvalue weighted by molar-refractivity contribution is 5.91. The lowest BCUT2D eigenvalue weighted by Gasteiger charge is -2.44. The molecule has 2 aromatic carbocycles. The Labute approximate surface area is 174 Å². The number of ether oxygens (including phenoxy) is 1. The van der Waals surface area contributed by atoms with Gasteiger partial charge in [-0.2, -0.15) is 0 Å². The number of carboxylic acid groups (broad SMARTS) is 1. The molecule has 1 saturated heterocycles. The molecule has 1 heterocycles. The van der Waals surface area contributed by atoms with E-state index in [0.29, 0.717) is 25.3 Å². The van der Waals surface area contributed by atoms with E-state index in [1.54, 1.807) is 17.0 Å². The van der Waals surface area contributed by atoms with Crippen LogP contribution >= 0.6 is 0 Å². The fourth-order valence-corrected chi connectivity index (χ4v) is 3.65. The van der Waals surface area contributed by atoms with E-state index >= 15 is 0 Å². The quantitative estimate of drug-likeness (QED) is 0.704. The molecule has 7 nitrogen and oxygen atoms in total. The maximum atomic E-state index is 13.1. The summed E-state index contributed by atoms with van der Waals surface area (Å²) in [6, 6.07) is 10.7. The summed E-state index contributed by atoms with van der Waals surface area (Å²) in [7, 11) is 0. The van der Waals surface area contributed by atoms with Gasteiger partial charge in [-0.3, -0.25) is 9.69 Å². The first-order valence-corrected chi connectivity index (χ1v) is 9.78. The van der Waals surface area contributed by atoms with Gasteiger partial charge in [0.1, 0.15) is 17.1 Å². The number of hydrogen-bond donors (Lipinski definition) is 2. The Balaban J connectivity index is 1.61. The number of halogens is 1. The molecule has 2 unspecified atom stereocenters. The largest absolute Gasteiger partial charge is 0.483 e. The van der Waals surface area contributed by atoms with Crippen LogP contribution in [0.25, 0.3) is 0 Å². The highest BCUT2D eigenvalue weighted by atomic mass is 19.1. The Kier molecular flexibility index (Phi) is 6.56. The first-order chi connectivity index (χ1) is 14.2. The number of piperazine rings is 1. The van der Waals surface area contributed by atoms with Crippen LogP contribution in [0.1, 0.15) is 29.8 Å². The fourth-order valence-electron chi connectivity index (χ4n) is 3.65. The van der Waals surface area contributed by atoms with E-state index in [1.807, 2.05) is 13.8 Å². The van der Waals surface area contributed by atoms with Crippen molar-refractivity contribution < 1.29 is 23.8 Å². The average molecular weight is 415 g/mol. The van der Waals surface area contributed by atoms with E-state index in [4.69, 9.17) is 10.5 Å². The van der Waals surface area contributed by atoms with Crippen molar-refractivity contribution in [2.75, 3.05) is 25.4 Å². The van der Waals surface area contributed by atoms with Crippen LogP contribution in [0.4, 0.5) is 10.1 Å². The van der Waals surface area contributed by atoms with Crippen molar-refractivity contribution in [2.45, 2.75) is 32.5 Å². The lowest BCUT2D eigenvalue weighted by atomic mass is 10.1. The van der Waals surface area contributed by atoms with Gasteiger partial charge in [-0.1, -0.05) is 12.1 Å². The van der Waals surface area contributed by atoms with Gasteiger partial charge in [0.25, 0.3) is 5.91 Å². The van der Waals surface area contributed by atoms with Crippen LogP contribution in [0.5, 0.6) is 5.75 Å². The number of nitrogens with zero attached hydrogens (tertiary/aromatic N) is 2. The third-order valence-electron chi connectivity index (χ3n) is 5.32. The van der Waals surface area contributed by atoms with Crippen LogP contribution in [0.15, 0.2) is 42.5 Å². The zero-order valence-electron chi connectivity index (χ0n) is 17.0. The van der Waals surface area contributed by atoms with Crippen molar-refractivity contribution in [3.63, 3.8) is 0 Å². The van der Waals surface area contributed by atoms with E-state index in [9.17, 15) is 19.1 Å². The molecule has 0 aliphatic carbocycles. The number of nitrogen functional groups attached to an aromatic ring is 1. The topological polar surface area (TPSA) is 96.1 Å². The van der Waals surface area contributed by atoms with Gasteiger partial charge in [-0.15, -0.1) is 0 Å². The second kappa shape index (κ2) is 9.13. The predicted molar refractivity (Wildman–Crippen MR) is 111 cm³/mol. The monoisotopic (exact) mass is 415 g/mol. The maximum absolute atomic E-state index is 13.1. The SMILES string of the molecule is CC1CN(C(=O)COc2cc(N)ccc2C(=O)O)C(C)CN1Cc1ccc(F)cc1. The van der Waals surface area contributed by atoms with Gasteiger partial charge in [0.15, 0.2) is 6.61 Å². The first kappa shape index (κ1) is 21.6. The number of hydrogen-bond acceptors (Lipinski definition) is 5. The van der Waals surface area contributed by atoms with Crippen LogP contribution < -0.4 is 10.5 Å². The molecule has 0 spiro atoms. The summed E-state index contributed by atoms with van der Waals surface area (Å²) >= 11 is 0. The molecule has 1 fully saturated rings. The number of carbonyl (C=O) groups excluding carboxylic acids is 1. The smallest absolute Gasteiger partial charge is 0.339 e. The van der Waals surface area contributed by atoms with Gasteiger partial charge in [0.2, 0.25) is 0 Å². The van der Waals surface area contributed by atoms with E-state index in [-0.39, 0.29) is 41.7 Å². The summed E-state index contributed by atoms with van der Waals surface area (Å²) in [5, 5.41) is 9.27. The van der Waals surface area contributed by atoms with Crippen molar-refractivity contribution in [1.29, 1.82) is 0 Å². The Hall–Kier alpha value is -3.13. The third-order valence-corrected chi connectivity index (χ3v) is 5.32. The summed E-state index contributed by atoms with van der Waals surface area (Å²) < 4.78 is 18.6. The molecule has 3 rings (SSSR count). The number of nitrogens with two attached hydrogens (primary N) is 1. The number of anilines is 1. The van der Waals surface area contributed by atoms with Crippen LogP contribution in [0.3, 0.4) is 0 Å². The van der Waals surface area contributed by atoms with Crippen molar-refractivity contribution in [2.24, 2.45) is 0 Å². The van der Waals surface area contributed by atoms with Crippen molar-refractivity contribution in [1.82, 2.24) is 9.80 Å². The molecule has 0 bridgehead atoms. The third kappa shape index (κ3) is 5.07. The van der Waals surface area contributed by atoms with Crippen molar-refractivity contribution >= 4 is 17.6 Å². The zero-order chi connectivity index (χ0) is 21.8. The van der Waals surface area contributed by atoms with E-state index in [2.05, 4.69) is 4.90 Å². The molecule has 1 aliphatic rings. The summed E-state index contributed by atoms with van der Waals surface area (Å²) in [6.45, 7) is 5.60. The Morgan fingerprint density at radius 2 is 1.83 bits per heavy atom. The minimum Gasteiger partial charge on any atom is -0.483 e. The molecule has 30 heavy (non-hydrogen) atoms. The predicted octanol–water partition coefficient (Wildman–Crippen LogP) is 2.61. The van der Waals surface area contributed by atoms with Gasteiger partial charge in [-0.25, -0.2) is 9.18 Å². The van der Waals surface area contributed by atoms with Crippen molar-refractivity contribution in [3.8, 4) is 5.75 Å². The van der Waals surface area contributed by atoms with Gasteiger partial charge in [0.05, 0.1) is 0 Å². The summed E-state index contributed by atoms with van der Waals surface area (Å²) in [6.07, 6.45) is 0. The molecule has 3 N–H and O–H groups in total. The average Bonchev–Trinajstić information content (AvgIpc) is 2.70. The number of aromatic carboxylic acids is 1. The standard InChI is InChI=1S/C22H26FN3O4/c1-14-11-26(15(2)10-25(14)12-16-3-5-17(23)6-4-16)21(27)13-30-20-9-18(24)7-8-19(20)22(28)29/h3-9,14-15H,10-13,24H2,1-2H3,(H,28,29). The number of amides is 1. The van der Waals surface area contributed by atoms with Crippen LogP contribution in [-0.2, 0) is 11.3 Å². The molecule has 2 atom stereocenters. The van der Waals surface area contributed by atoms with Crippen LogP contribution in [-0.4, -0.2) is 58.6 Å². The molecule has 2 aromatic rings. The maximum Gasteiger partial charge on any atom is 0.339 e. The Bertz CT molecular complexity index is 919. The Morgan fingerprint density at radius 1 is 1.13 bits per heavy atom. The molecular weight excluding hydrogens is 389 g/mol. The molecule has 1 aliphatic heterocycles. The minimum absolute atomic E-state index is 0.0393. The van der Waals surface area contributed by atoms with Gasteiger partial charge < -0.3 is 20.5 Å². The number of carboxylic acids is 1. The van der Waals surface area contributed by atoms with Crippen LogP contribution in [0, 0.1) is 5.82 Å². The fraction of sp³-hybridized carbons (Fsp3) is 0.364. The second-order valence-electron chi connectivity index (χ2n) is 7.65. The Morgan fingerprint density at radius 3 is 2.50 bits per heavy atom. The molecular formula is C22H26FN3O4. The van der Waals surface area contributed by atoms with E-state index in [0.717, 1.165) is 5.56 Å². The molecule has 0 saturated carbocycles. The van der Waals surface area contributed by atoms with Gasteiger partial charge >= 0.3 is 5.97 Å². The van der Waals surface area contributed by atoms with Crippen molar-refractivity contribution in [3.05, 3.63) is 59.4 Å². The normalized spacial score (nSPS) is 19.5.